The molecular weight excluding hydrogens is 512 g/mol. The Morgan fingerprint density at radius 2 is 1.90 bits per heavy atom. The van der Waals surface area contributed by atoms with E-state index in [-0.39, 0.29) is 35.0 Å². The van der Waals surface area contributed by atoms with Gasteiger partial charge in [0.1, 0.15) is 11.3 Å². The highest BCUT2D eigenvalue weighted by Crippen LogP contribution is 2.51. The number of rotatable bonds is 11. The smallest absolute Gasteiger partial charge is 0.332 e. The van der Waals surface area contributed by atoms with Crippen LogP contribution in [-0.2, 0) is 19.7 Å². The fourth-order valence-corrected chi connectivity index (χ4v) is 6.27. The second kappa shape index (κ2) is 12.8. The molecule has 1 aliphatic rings. The predicted octanol–water partition coefficient (Wildman–Crippen LogP) is 6.67. The quantitative estimate of drug-likeness (QED) is 0.287. The molecule has 216 valence electrons. The molecule has 3 unspecified atom stereocenters. The highest BCUT2D eigenvalue weighted by Gasteiger charge is 2.60. The van der Waals surface area contributed by atoms with Crippen LogP contribution in [0.3, 0.4) is 0 Å². The van der Waals surface area contributed by atoms with E-state index in [1.54, 1.807) is 23.6 Å². The van der Waals surface area contributed by atoms with Gasteiger partial charge in [-0.25, -0.2) is 9.78 Å². The molecule has 2 aromatic rings. The Hall–Kier alpha value is -2.45. The molecule has 0 aliphatic carbocycles. The van der Waals surface area contributed by atoms with Gasteiger partial charge in [-0.2, -0.15) is 0 Å². The number of methoxy groups -OCH3 is 1. The van der Waals surface area contributed by atoms with Gasteiger partial charge in [0.25, 0.3) is 5.91 Å². The lowest BCUT2D eigenvalue weighted by Gasteiger charge is -2.40. The van der Waals surface area contributed by atoms with Crippen LogP contribution in [-0.4, -0.2) is 54.2 Å². The summed E-state index contributed by atoms with van der Waals surface area (Å²) in [7, 11) is 1.62. The molecule has 7 nitrogen and oxygen atoms in total. The molecule has 2 heterocycles. The number of carbonyl (C=O) groups is 2. The standard InChI is InChI=1S/C31H46N2O5S/c1-10-37-17-23-15-31(14-20(2)3,29(35)38-16-21(4)5)33(27(23)25-18-39-19-32-25)28(34)22-11-12-24(30(6,7)8)26(13-22)36-9/h11-13,18-21,23,27H,10,14-17H2,1-9H3. The van der Waals surface area contributed by atoms with E-state index in [4.69, 9.17) is 14.2 Å². The summed E-state index contributed by atoms with van der Waals surface area (Å²) in [6.45, 7) is 17.7. The second-order valence-corrected chi connectivity index (χ2v) is 13.2. The Kier molecular flexibility index (Phi) is 10.2. The molecule has 0 N–H and O–H groups in total. The average molecular weight is 559 g/mol. The number of hydrogen-bond acceptors (Lipinski definition) is 7. The molecule has 1 saturated heterocycles. The third-order valence-electron chi connectivity index (χ3n) is 7.23. The Morgan fingerprint density at radius 3 is 2.44 bits per heavy atom. The summed E-state index contributed by atoms with van der Waals surface area (Å²) in [5.41, 5.74) is 2.73. The van der Waals surface area contributed by atoms with Crippen molar-refractivity contribution in [1.29, 1.82) is 0 Å². The number of carbonyl (C=O) groups excluding carboxylic acids is 2. The van der Waals surface area contributed by atoms with Gasteiger partial charge in [-0.1, -0.05) is 54.5 Å². The van der Waals surface area contributed by atoms with Gasteiger partial charge in [0.2, 0.25) is 0 Å². The largest absolute Gasteiger partial charge is 0.496 e. The molecule has 1 amide bonds. The van der Waals surface area contributed by atoms with E-state index in [2.05, 4.69) is 39.6 Å². The minimum Gasteiger partial charge on any atom is -0.496 e. The Morgan fingerprint density at radius 1 is 1.18 bits per heavy atom. The highest BCUT2D eigenvalue weighted by atomic mass is 32.1. The average Bonchev–Trinajstić information content (AvgIpc) is 3.50. The van der Waals surface area contributed by atoms with Crippen LogP contribution < -0.4 is 4.74 Å². The van der Waals surface area contributed by atoms with Crippen LogP contribution in [0.25, 0.3) is 0 Å². The van der Waals surface area contributed by atoms with Crippen LogP contribution in [0.15, 0.2) is 29.1 Å². The Labute approximate surface area is 238 Å². The molecule has 0 spiro atoms. The number of benzene rings is 1. The van der Waals surface area contributed by atoms with Crippen molar-refractivity contribution in [1.82, 2.24) is 9.88 Å². The van der Waals surface area contributed by atoms with E-state index >= 15 is 0 Å². The van der Waals surface area contributed by atoms with Gasteiger partial charge in [0.05, 0.1) is 37.6 Å². The Balaban J connectivity index is 2.22. The van der Waals surface area contributed by atoms with Gasteiger partial charge in [-0.3, -0.25) is 4.79 Å². The molecule has 0 bridgehead atoms. The van der Waals surface area contributed by atoms with E-state index in [1.165, 1.54) is 11.3 Å². The van der Waals surface area contributed by atoms with Crippen molar-refractivity contribution < 1.29 is 23.8 Å². The van der Waals surface area contributed by atoms with Gasteiger partial charge in [-0.05, 0) is 54.7 Å². The van der Waals surface area contributed by atoms with E-state index in [0.29, 0.717) is 44.0 Å². The lowest BCUT2D eigenvalue weighted by Crippen LogP contribution is -2.55. The minimum absolute atomic E-state index is 0.114. The number of aromatic nitrogens is 1. The van der Waals surface area contributed by atoms with Crippen LogP contribution >= 0.6 is 11.3 Å². The number of thiazole rings is 1. The van der Waals surface area contributed by atoms with Gasteiger partial charge in [-0.15, -0.1) is 11.3 Å². The first-order valence-corrected chi connectivity index (χ1v) is 14.9. The first kappa shape index (κ1) is 31.1. The Bertz CT molecular complexity index is 1110. The third kappa shape index (κ3) is 6.83. The zero-order chi connectivity index (χ0) is 29.0. The molecule has 8 heteroatoms. The van der Waals surface area contributed by atoms with Crippen molar-refractivity contribution in [2.45, 2.75) is 85.2 Å². The summed E-state index contributed by atoms with van der Waals surface area (Å²) in [4.78, 5) is 35.1. The van der Waals surface area contributed by atoms with Crippen LogP contribution in [0.2, 0.25) is 0 Å². The zero-order valence-electron chi connectivity index (χ0n) is 25.1. The summed E-state index contributed by atoms with van der Waals surface area (Å²) in [5, 5.41) is 1.97. The normalized spacial score (nSPS) is 21.6. The zero-order valence-corrected chi connectivity index (χ0v) is 25.9. The molecule has 39 heavy (non-hydrogen) atoms. The van der Waals surface area contributed by atoms with Crippen molar-refractivity contribution >= 4 is 23.2 Å². The van der Waals surface area contributed by atoms with Gasteiger partial charge in [0.15, 0.2) is 0 Å². The van der Waals surface area contributed by atoms with E-state index in [9.17, 15) is 9.59 Å². The fourth-order valence-electron chi connectivity index (χ4n) is 5.68. The van der Waals surface area contributed by atoms with Gasteiger partial charge < -0.3 is 19.1 Å². The molecule has 1 aromatic carbocycles. The summed E-state index contributed by atoms with van der Waals surface area (Å²) in [5.74, 6) is 0.284. The van der Waals surface area contributed by atoms with E-state index in [1.807, 2.05) is 38.3 Å². The van der Waals surface area contributed by atoms with Crippen molar-refractivity contribution in [2.24, 2.45) is 17.8 Å². The van der Waals surface area contributed by atoms with Gasteiger partial charge in [0, 0.05) is 23.5 Å². The van der Waals surface area contributed by atoms with E-state index in [0.717, 1.165) is 11.3 Å². The first-order valence-electron chi connectivity index (χ1n) is 14.0. The first-order chi connectivity index (χ1) is 18.4. The maximum Gasteiger partial charge on any atom is 0.332 e. The highest BCUT2D eigenvalue weighted by molar-refractivity contribution is 7.07. The number of hydrogen-bond donors (Lipinski definition) is 0. The van der Waals surface area contributed by atoms with Crippen LogP contribution in [0.1, 0.15) is 95.9 Å². The molecule has 1 aliphatic heterocycles. The van der Waals surface area contributed by atoms with Crippen molar-refractivity contribution in [3.05, 3.63) is 45.9 Å². The molecule has 1 aromatic heterocycles. The van der Waals surface area contributed by atoms with Crippen molar-refractivity contribution in [3.8, 4) is 5.75 Å². The van der Waals surface area contributed by atoms with E-state index < -0.39 is 11.6 Å². The summed E-state index contributed by atoms with van der Waals surface area (Å²) < 4.78 is 17.6. The minimum atomic E-state index is -1.15. The molecule has 3 atom stereocenters. The topological polar surface area (TPSA) is 78.0 Å². The molecule has 0 saturated carbocycles. The number of esters is 1. The molecule has 0 radical (unpaired) electrons. The summed E-state index contributed by atoms with van der Waals surface area (Å²) in [6, 6.07) is 5.18. The van der Waals surface area contributed by atoms with Crippen LogP contribution in [0.5, 0.6) is 5.75 Å². The maximum atomic E-state index is 14.6. The number of likely N-dealkylation sites (tertiary alicyclic amines) is 1. The number of nitrogens with zero attached hydrogens (tertiary/aromatic N) is 2. The van der Waals surface area contributed by atoms with Gasteiger partial charge >= 0.3 is 5.97 Å². The second-order valence-electron chi connectivity index (χ2n) is 12.4. The number of amides is 1. The maximum absolute atomic E-state index is 14.6. The molecular formula is C31H46N2O5S. The lowest BCUT2D eigenvalue weighted by atomic mass is 9.83. The SMILES string of the molecule is CCOCC1CC(CC(C)C)(C(=O)OCC(C)C)N(C(=O)c2ccc(C(C)(C)C)c(OC)c2)C1c1cscn1. The number of ether oxygens (including phenoxy) is 3. The van der Waals surface area contributed by atoms with Crippen molar-refractivity contribution in [2.75, 3.05) is 26.9 Å². The fraction of sp³-hybridized carbons (Fsp3) is 0.645. The van der Waals surface area contributed by atoms with Crippen molar-refractivity contribution in [3.63, 3.8) is 0 Å². The molecule has 3 rings (SSSR count). The third-order valence-corrected chi connectivity index (χ3v) is 7.83. The van der Waals surface area contributed by atoms with Crippen LogP contribution in [0, 0.1) is 17.8 Å². The predicted molar refractivity (Wildman–Crippen MR) is 155 cm³/mol. The monoisotopic (exact) mass is 558 g/mol. The summed E-state index contributed by atoms with van der Waals surface area (Å²) >= 11 is 1.48. The lowest BCUT2D eigenvalue weighted by molar-refractivity contribution is -0.158. The van der Waals surface area contributed by atoms with Crippen LogP contribution in [0.4, 0.5) is 0 Å². The molecule has 1 fully saturated rings. The summed E-state index contributed by atoms with van der Waals surface area (Å²) in [6.07, 6.45) is 0.934.